The number of carbonyl (C=O) groups excluding carboxylic acids is 1. The van der Waals surface area contributed by atoms with Gasteiger partial charge >= 0.3 is 0 Å². The first-order valence-electron chi connectivity index (χ1n) is 8.24. The van der Waals surface area contributed by atoms with Gasteiger partial charge in [-0.25, -0.2) is 21.9 Å². The monoisotopic (exact) mass is 396 g/mol. The van der Waals surface area contributed by atoms with E-state index in [1.54, 1.807) is 12.1 Å². The second kappa shape index (κ2) is 8.01. The first-order chi connectivity index (χ1) is 12.8. The van der Waals surface area contributed by atoms with Crippen LogP contribution in [0.2, 0.25) is 0 Å². The Morgan fingerprint density at radius 2 is 1.93 bits per heavy atom. The fourth-order valence-electron chi connectivity index (χ4n) is 2.75. The Balaban J connectivity index is 1.59. The van der Waals surface area contributed by atoms with E-state index in [2.05, 4.69) is 4.72 Å². The molecule has 0 fully saturated rings. The fraction of sp³-hybridized carbons (Fsp3) is 0.278. The van der Waals surface area contributed by atoms with Crippen molar-refractivity contribution in [1.82, 2.24) is 9.62 Å². The molecule has 0 aliphatic carbocycles. The van der Waals surface area contributed by atoms with Crippen LogP contribution >= 0.6 is 0 Å². The third kappa shape index (κ3) is 5.01. The van der Waals surface area contributed by atoms with E-state index < -0.39 is 27.4 Å². The van der Waals surface area contributed by atoms with E-state index in [0.717, 1.165) is 23.8 Å². The molecular formula is C18H18F2N2O4S. The maximum absolute atomic E-state index is 13.6. The van der Waals surface area contributed by atoms with Gasteiger partial charge in [0.1, 0.15) is 17.4 Å². The van der Waals surface area contributed by atoms with E-state index in [-0.39, 0.29) is 31.2 Å². The second-order valence-electron chi connectivity index (χ2n) is 6.10. The van der Waals surface area contributed by atoms with Crippen LogP contribution in [0.25, 0.3) is 0 Å². The smallest absolute Gasteiger partial charge is 0.260 e. The van der Waals surface area contributed by atoms with Crippen LogP contribution in [-0.4, -0.2) is 38.9 Å². The Labute approximate surface area is 155 Å². The van der Waals surface area contributed by atoms with Crippen molar-refractivity contribution in [3.05, 3.63) is 65.2 Å². The molecule has 0 saturated carbocycles. The molecule has 0 radical (unpaired) electrons. The van der Waals surface area contributed by atoms with Crippen LogP contribution in [-0.2, 0) is 27.1 Å². The summed E-state index contributed by atoms with van der Waals surface area (Å²) in [5, 5.41) is 0. The summed E-state index contributed by atoms with van der Waals surface area (Å²) in [5.41, 5.74) is 0.573. The third-order valence-corrected chi connectivity index (χ3v) is 5.43. The molecule has 9 heteroatoms. The SMILES string of the molecule is O=C1COc2ccccc2CN1CCNS(=O)(=O)Cc1cc(F)ccc1F. The Morgan fingerprint density at radius 3 is 2.74 bits per heavy atom. The van der Waals surface area contributed by atoms with Crippen LogP contribution < -0.4 is 9.46 Å². The minimum absolute atomic E-state index is 0.0484. The number of hydrogen-bond donors (Lipinski definition) is 1. The number of amides is 1. The van der Waals surface area contributed by atoms with Crippen molar-refractivity contribution in [2.24, 2.45) is 0 Å². The molecule has 1 aliphatic heterocycles. The fourth-order valence-corrected chi connectivity index (χ4v) is 3.88. The molecule has 144 valence electrons. The molecule has 27 heavy (non-hydrogen) atoms. The highest BCUT2D eigenvalue weighted by Crippen LogP contribution is 2.22. The van der Waals surface area contributed by atoms with E-state index in [1.807, 2.05) is 12.1 Å². The topological polar surface area (TPSA) is 75.7 Å². The summed E-state index contributed by atoms with van der Waals surface area (Å²) < 4.78 is 58.8. The molecule has 0 aromatic heterocycles. The van der Waals surface area contributed by atoms with Crippen molar-refractivity contribution in [3.63, 3.8) is 0 Å². The van der Waals surface area contributed by atoms with Gasteiger partial charge in [-0.3, -0.25) is 4.79 Å². The second-order valence-corrected chi connectivity index (χ2v) is 7.91. The normalized spacial score (nSPS) is 14.4. The summed E-state index contributed by atoms with van der Waals surface area (Å²) >= 11 is 0. The van der Waals surface area contributed by atoms with Crippen molar-refractivity contribution < 1.29 is 26.7 Å². The molecule has 0 spiro atoms. The standard InChI is InChI=1S/C18H18F2N2O4S/c19-15-5-6-16(20)14(9-15)12-27(24,25)21-7-8-22-10-13-3-1-2-4-17(13)26-11-18(22)23/h1-6,9,21H,7-8,10-12H2. The molecular weight excluding hydrogens is 378 g/mol. The number of nitrogens with zero attached hydrogens (tertiary/aromatic N) is 1. The molecule has 2 aromatic rings. The Morgan fingerprint density at radius 1 is 1.15 bits per heavy atom. The van der Waals surface area contributed by atoms with Gasteiger partial charge in [-0.15, -0.1) is 0 Å². The van der Waals surface area contributed by atoms with E-state index in [0.29, 0.717) is 12.3 Å². The summed E-state index contributed by atoms with van der Waals surface area (Å²) in [4.78, 5) is 13.6. The summed E-state index contributed by atoms with van der Waals surface area (Å²) in [5.74, 6) is -1.83. The number of benzene rings is 2. The number of rotatable bonds is 6. The molecule has 1 N–H and O–H groups in total. The maximum Gasteiger partial charge on any atom is 0.260 e. The molecule has 2 aromatic carbocycles. The number of fused-ring (bicyclic) bond motifs is 1. The van der Waals surface area contributed by atoms with Crippen LogP contribution in [0.1, 0.15) is 11.1 Å². The summed E-state index contributed by atoms with van der Waals surface area (Å²) in [7, 11) is -3.89. The lowest BCUT2D eigenvalue weighted by Crippen LogP contribution is -2.39. The van der Waals surface area contributed by atoms with Gasteiger partial charge in [0.2, 0.25) is 10.0 Å². The van der Waals surface area contributed by atoms with Crippen LogP contribution in [0.15, 0.2) is 42.5 Å². The van der Waals surface area contributed by atoms with Gasteiger partial charge in [-0.1, -0.05) is 18.2 Å². The number of halogens is 2. The van der Waals surface area contributed by atoms with Gasteiger partial charge in [-0.05, 0) is 24.3 Å². The molecule has 0 atom stereocenters. The Bertz CT molecular complexity index is 950. The molecule has 6 nitrogen and oxygen atoms in total. The highest BCUT2D eigenvalue weighted by Gasteiger charge is 2.22. The molecule has 1 amide bonds. The van der Waals surface area contributed by atoms with Gasteiger partial charge in [-0.2, -0.15) is 0 Å². The Kier molecular flexibility index (Phi) is 5.71. The average Bonchev–Trinajstić information content (AvgIpc) is 2.77. The number of para-hydroxylation sites is 1. The maximum atomic E-state index is 13.6. The van der Waals surface area contributed by atoms with Gasteiger partial charge in [0, 0.05) is 30.8 Å². The zero-order chi connectivity index (χ0) is 19.4. The highest BCUT2D eigenvalue weighted by atomic mass is 32.2. The zero-order valence-electron chi connectivity index (χ0n) is 14.3. The molecule has 1 heterocycles. The van der Waals surface area contributed by atoms with E-state index in [4.69, 9.17) is 4.74 Å². The summed E-state index contributed by atoms with van der Waals surface area (Å²) in [6.07, 6.45) is 0. The average molecular weight is 396 g/mol. The predicted molar refractivity (Wildman–Crippen MR) is 94.3 cm³/mol. The highest BCUT2D eigenvalue weighted by molar-refractivity contribution is 7.88. The lowest BCUT2D eigenvalue weighted by atomic mass is 10.2. The van der Waals surface area contributed by atoms with E-state index >= 15 is 0 Å². The number of sulfonamides is 1. The minimum atomic E-state index is -3.89. The van der Waals surface area contributed by atoms with Crippen molar-refractivity contribution >= 4 is 15.9 Å². The van der Waals surface area contributed by atoms with Gasteiger partial charge in [0.15, 0.2) is 6.61 Å². The van der Waals surface area contributed by atoms with Crippen molar-refractivity contribution in [2.75, 3.05) is 19.7 Å². The van der Waals surface area contributed by atoms with Gasteiger partial charge < -0.3 is 9.64 Å². The number of nitrogens with one attached hydrogen (secondary N) is 1. The molecule has 0 saturated heterocycles. The van der Waals surface area contributed by atoms with Crippen LogP contribution in [0.5, 0.6) is 5.75 Å². The number of hydrogen-bond acceptors (Lipinski definition) is 4. The largest absolute Gasteiger partial charge is 0.483 e. The summed E-state index contributed by atoms with van der Waals surface area (Å²) in [6, 6.07) is 9.88. The molecule has 0 bridgehead atoms. The van der Waals surface area contributed by atoms with Gasteiger partial charge in [0.05, 0.1) is 5.75 Å². The molecule has 1 aliphatic rings. The van der Waals surface area contributed by atoms with Gasteiger partial charge in [0.25, 0.3) is 5.91 Å². The van der Waals surface area contributed by atoms with Crippen molar-refractivity contribution in [3.8, 4) is 5.75 Å². The van der Waals surface area contributed by atoms with Crippen LogP contribution in [0.3, 0.4) is 0 Å². The van der Waals surface area contributed by atoms with Crippen molar-refractivity contribution in [2.45, 2.75) is 12.3 Å². The first-order valence-corrected chi connectivity index (χ1v) is 9.89. The third-order valence-electron chi connectivity index (χ3n) is 4.09. The molecule has 3 rings (SSSR count). The minimum Gasteiger partial charge on any atom is -0.483 e. The molecule has 0 unspecified atom stereocenters. The zero-order valence-corrected chi connectivity index (χ0v) is 15.1. The summed E-state index contributed by atoms with van der Waals surface area (Å²) in [6.45, 7) is 0.252. The van der Waals surface area contributed by atoms with Crippen LogP contribution in [0.4, 0.5) is 8.78 Å². The lowest BCUT2D eigenvalue weighted by Gasteiger charge is -2.20. The first kappa shape index (κ1) is 19.2. The predicted octanol–water partition coefficient (Wildman–Crippen LogP) is 1.81. The van der Waals surface area contributed by atoms with Crippen molar-refractivity contribution in [1.29, 1.82) is 0 Å². The number of ether oxygens (including phenoxy) is 1. The van der Waals surface area contributed by atoms with E-state index in [9.17, 15) is 22.0 Å². The quantitative estimate of drug-likeness (QED) is 0.808. The number of carbonyl (C=O) groups is 1. The lowest BCUT2D eigenvalue weighted by molar-refractivity contribution is -0.133. The van der Waals surface area contributed by atoms with Crippen LogP contribution in [0, 0.1) is 11.6 Å². The van der Waals surface area contributed by atoms with E-state index in [1.165, 1.54) is 4.90 Å². The Hall–Kier alpha value is -2.52.